The smallest absolute Gasteiger partial charge is 0.298 e. The van der Waals surface area contributed by atoms with Crippen molar-refractivity contribution in [3.05, 3.63) is 23.8 Å². The SMILES string of the molecule is CC1CCNN=C1c1ccc2nc(N3CCSCC3)oc2c1. The van der Waals surface area contributed by atoms with Crippen molar-refractivity contribution in [1.82, 2.24) is 10.4 Å². The van der Waals surface area contributed by atoms with E-state index < -0.39 is 0 Å². The summed E-state index contributed by atoms with van der Waals surface area (Å²) >= 11 is 1.99. The van der Waals surface area contributed by atoms with Gasteiger partial charge in [-0.15, -0.1) is 0 Å². The number of hydrogen-bond acceptors (Lipinski definition) is 6. The van der Waals surface area contributed by atoms with Gasteiger partial charge in [0, 0.05) is 42.6 Å². The lowest BCUT2D eigenvalue weighted by molar-refractivity contribution is 0.570. The molecule has 0 bridgehead atoms. The van der Waals surface area contributed by atoms with Gasteiger partial charge in [-0.3, -0.25) is 0 Å². The van der Waals surface area contributed by atoms with Crippen molar-refractivity contribution in [3.63, 3.8) is 0 Å². The van der Waals surface area contributed by atoms with Gasteiger partial charge in [0.25, 0.3) is 6.01 Å². The monoisotopic (exact) mass is 316 g/mol. The van der Waals surface area contributed by atoms with Gasteiger partial charge in [-0.2, -0.15) is 21.8 Å². The summed E-state index contributed by atoms with van der Waals surface area (Å²) in [6, 6.07) is 6.97. The molecule has 2 aromatic rings. The molecule has 6 heteroatoms. The molecule has 0 spiro atoms. The third-order valence-corrected chi connectivity index (χ3v) is 5.25. The third-order valence-electron chi connectivity index (χ3n) is 4.31. The van der Waals surface area contributed by atoms with Crippen LogP contribution in [0.3, 0.4) is 0 Å². The summed E-state index contributed by atoms with van der Waals surface area (Å²) in [6.45, 7) is 5.20. The highest BCUT2D eigenvalue weighted by molar-refractivity contribution is 7.99. The fourth-order valence-electron chi connectivity index (χ4n) is 2.98. The van der Waals surface area contributed by atoms with E-state index in [2.05, 4.69) is 39.5 Å². The highest BCUT2D eigenvalue weighted by atomic mass is 32.2. The summed E-state index contributed by atoms with van der Waals surface area (Å²) in [4.78, 5) is 6.87. The molecule has 1 fully saturated rings. The van der Waals surface area contributed by atoms with Gasteiger partial charge in [-0.1, -0.05) is 13.0 Å². The largest absolute Gasteiger partial charge is 0.423 e. The predicted molar refractivity (Wildman–Crippen MR) is 91.9 cm³/mol. The number of aromatic nitrogens is 1. The molecule has 3 heterocycles. The number of thioether (sulfide) groups is 1. The average Bonchev–Trinajstić information content (AvgIpc) is 2.99. The molecule has 1 saturated heterocycles. The second-order valence-electron chi connectivity index (χ2n) is 5.87. The zero-order valence-electron chi connectivity index (χ0n) is 12.7. The number of hydrogen-bond donors (Lipinski definition) is 1. The van der Waals surface area contributed by atoms with Gasteiger partial charge in [0.05, 0.1) is 5.71 Å². The van der Waals surface area contributed by atoms with E-state index in [1.54, 1.807) is 0 Å². The van der Waals surface area contributed by atoms with Gasteiger partial charge in [-0.25, -0.2) is 0 Å². The standard InChI is InChI=1S/C16H20N4OS/c1-11-4-5-17-19-15(11)12-2-3-13-14(10-12)21-16(18-13)20-6-8-22-9-7-20/h2-3,10-11,17H,4-9H2,1H3. The van der Waals surface area contributed by atoms with Crippen LogP contribution in [-0.4, -0.2) is 41.8 Å². The molecule has 1 atom stereocenters. The van der Waals surface area contributed by atoms with Crippen molar-refractivity contribution in [3.8, 4) is 0 Å². The lowest BCUT2D eigenvalue weighted by Gasteiger charge is -2.24. The molecule has 22 heavy (non-hydrogen) atoms. The molecule has 2 aliphatic rings. The summed E-state index contributed by atoms with van der Waals surface area (Å²) in [5.74, 6) is 2.76. The Balaban J connectivity index is 1.67. The molecule has 0 aliphatic carbocycles. The van der Waals surface area contributed by atoms with Crippen LogP contribution >= 0.6 is 11.8 Å². The highest BCUT2D eigenvalue weighted by Gasteiger charge is 2.20. The molecule has 116 valence electrons. The summed E-state index contributed by atoms with van der Waals surface area (Å²) in [5, 5.41) is 4.48. The Hall–Kier alpha value is -1.69. The van der Waals surface area contributed by atoms with E-state index in [-0.39, 0.29) is 0 Å². The first-order valence-corrected chi connectivity index (χ1v) is 9.01. The van der Waals surface area contributed by atoms with E-state index in [1.807, 2.05) is 17.8 Å². The van der Waals surface area contributed by atoms with Crippen molar-refractivity contribution in [1.29, 1.82) is 0 Å². The first-order valence-electron chi connectivity index (χ1n) is 7.85. The molecule has 1 aromatic heterocycles. The number of oxazole rings is 1. The molecule has 1 unspecified atom stereocenters. The predicted octanol–water partition coefficient (Wildman–Crippen LogP) is 2.71. The van der Waals surface area contributed by atoms with Crippen LogP contribution in [0.25, 0.3) is 11.1 Å². The first kappa shape index (κ1) is 13.9. The van der Waals surface area contributed by atoms with Gasteiger partial charge >= 0.3 is 0 Å². The lowest BCUT2D eigenvalue weighted by Crippen LogP contribution is -2.32. The minimum Gasteiger partial charge on any atom is -0.423 e. The van der Waals surface area contributed by atoms with Crippen LogP contribution in [0, 0.1) is 5.92 Å². The lowest BCUT2D eigenvalue weighted by atomic mass is 9.94. The number of rotatable bonds is 2. The summed E-state index contributed by atoms with van der Waals surface area (Å²) in [5.41, 5.74) is 7.12. The summed E-state index contributed by atoms with van der Waals surface area (Å²) < 4.78 is 6.00. The van der Waals surface area contributed by atoms with E-state index in [0.717, 1.165) is 66.0 Å². The van der Waals surface area contributed by atoms with Crippen LogP contribution < -0.4 is 10.3 Å². The van der Waals surface area contributed by atoms with Gasteiger partial charge in [-0.05, 0) is 18.6 Å². The van der Waals surface area contributed by atoms with E-state index in [0.29, 0.717) is 5.92 Å². The van der Waals surface area contributed by atoms with E-state index in [4.69, 9.17) is 4.42 Å². The Morgan fingerprint density at radius 3 is 3.00 bits per heavy atom. The first-order chi connectivity index (χ1) is 10.8. The fourth-order valence-corrected chi connectivity index (χ4v) is 3.88. The molecule has 2 aliphatic heterocycles. The van der Waals surface area contributed by atoms with Crippen LogP contribution in [0.2, 0.25) is 0 Å². The summed E-state index contributed by atoms with van der Waals surface area (Å²) in [6.07, 6.45) is 1.12. The van der Waals surface area contributed by atoms with E-state index >= 15 is 0 Å². The Bertz CT molecular complexity index is 705. The topological polar surface area (TPSA) is 53.7 Å². The molecular weight excluding hydrogens is 296 g/mol. The van der Waals surface area contributed by atoms with Crippen molar-refractivity contribution in [2.45, 2.75) is 13.3 Å². The average molecular weight is 316 g/mol. The maximum Gasteiger partial charge on any atom is 0.298 e. The van der Waals surface area contributed by atoms with Crippen LogP contribution in [0.1, 0.15) is 18.9 Å². The second kappa shape index (κ2) is 5.83. The molecule has 0 saturated carbocycles. The Morgan fingerprint density at radius 2 is 2.18 bits per heavy atom. The van der Waals surface area contributed by atoms with E-state index in [9.17, 15) is 0 Å². The Kier molecular flexibility index (Phi) is 3.70. The zero-order chi connectivity index (χ0) is 14.9. The normalized spacial score (nSPS) is 22.5. The Morgan fingerprint density at radius 1 is 1.32 bits per heavy atom. The van der Waals surface area contributed by atoms with Crippen LogP contribution in [0.5, 0.6) is 0 Å². The van der Waals surface area contributed by atoms with Gasteiger partial charge in [0.2, 0.25) is 0 Å². The number of anilines is 1. The number of nitrogens with zero attached hydrogens (tertiary/aromatic N) is 3. The van der Waals surface area contributed by atoms with Gasteiger partial charge < -0.3 is 14.7 Å². The quantitative estimate of drug-likeness (QED) is 0.923. The molecule has 0 radical (unpaired) electrons. The number of hydrazone groups is 1. The molecule has 1 aromatic carbocycles. The minimum absolute atomic E-state index is 0.472. The Labute approximate surface area is 134 Å². The van der Waals surface area contributed by atoms with E-state index in [1.165, 1.54) is 0 Å². The molecule has 4 rings (SSSR count). The molecule has 0 amide bonds. The third kappa shape index (κ3) is 2.56. The number of fused-ring (bicyclic) bond motifs is 1. The molecule has 1 N–H and O–H groups in total. The van der Waals surface area contributed by atoms with Crippen molar-refractivity contribution in [2.24, 2.45) is 11.0 Å². The molecule has 5 nitrogen and oxygen atoms in total. The van der Waals surface area contributed by atoms with Crippen LogP contribution in [0.15, 0.2) is 27.7 Å². The maximum atomic E-state index is 6.00. The highest BCUT2D eigenvalue weighted by Crippen LogP contribution is 2.26. The fraction of sp³-hybridized carbons (Fsp3) is 0.500. The number of benzene rings is 1. The van der Waals surface area contributed by atoms with Crippen LogP contribution in [0.4, 0.5) is 6.01 Å². The minimum atomic E-state index is 0.472. The molecular formula is C16H20N4OS. The van der Waals surface area contributed by atoms with Crippen molar-refractivity contribution >= 4 is 34.6 Å². The number of nitrogens with one attached hydrogen (secondary N) is 1. The van der Waals surface area contributed by atoms with Crippen molar-refractivity contribution in [2.75, 3.05) is 36.0 Å². The zero-order valence-corrected chi connectivity index (χ0v) is 13.5. The maximum absolute atomic E-state index is 6.00. The van der Waals surface area contributed by atoms with Gasteiger partial charge in [0.15, 0.2) is 5.58 Å². The van der Waals surface area contributed by atoms with Gasteiger partial charge in [0.1, 0.15) is 5.52 Å². The van der Waals surface area contributed by atoms with Crippen molar-refractivity contribution < 1.29 is 4.42 Å². The second-order valence-corrected chi connectivity index (χ2v) is 7.10. The summed E-state index contributed by atoms with van der Waals surface area (Å²) in [7, 11) is 0. The van der Waals surface area contributed by atoms with Crippen LogP contribution in [-0.2, 0) is 0 Å².